The average molecular weight is 435 g/mol. The lowest BCUT2D eigenvalue weighted by atomic mass is 10.1. The van der Waals surface area contributed by atoms with Crippen LogP contribution in [0.4, 0.5) is 5.69 Å². The Bertz CT molecular complexity index is 1160. The number of benzene rings is 2. The summed E-state index contributed by atoms with van der Waals surface area (Å²) in [5.41, 5.74) is 3.41. The van der Waals surface area contributed by atoms with E-state index in [0.29, 0.717) is 42.5 Å². The third kappa shape index (κ3) is 3.85. The molecule has 4 rings (SSSR count). The van der Waals surface area contributed by atoms with Gasteiger partial charge in [-0.3, -0.25) is 4.79 Å². The van der Waals surface area contributed by atoms with Gasteiger partial charge in [0.05, 0.1) is 24.0 Å². The van der Waals surface area contributed by atoms with Crippen LogP contribution in [0.15, 0.2) is 54.7 Å². The number of amides is 1. The van der Waals surface area contributed by atoms with Gasteiger partial charge in [-0.25, -0.2) is 0 Å². The lowest BCUT2D eigenvalue weighted by Gasteiger charge is -2.36. The van der Waals surface area contributed by atoms with Crippen LogP contribution in [-0.4, -0.2) is 48.7 Å². The fraction of sp³-hybridized carbons (Fsp3) is 0.250. The third-order valence-electron chi connectivity index (χ3n) is 5.70. The summed E-state index contributed by atoms with van der Waals surface area (Å²) in [4.78, 5) is 17.5. The van der Waals surface area contributed by atoms with Gasteiger partial charge in [-0.2, -0.15) is 5.26 Å². The molecule has 6 nitrogen and oxygen atoms in total. The van der Waals surface area contributed by atoms with Gasteiger partial charge >= 0.3 is 0 Å². The second-order valence-electron chi connectivity index (χ2n) is 7.39. The van der Waals surface area contributed by atoms with E-state index in [1.165, 1.54) is 0 Å². The van der Waals surface area contributed by atoms with Crippen molar-refractivity contribution in [3.8, 4) is 17.5 Å². The predicted molar refractivity (Wildman–Crippen MR) is 121 cm³/mol. The predicted octanol–water partition coefficient (Wildman–Crippen LogP) is 4.28. The maximum absolute atomic E-state index is 13.5. The Morgan fingerprint density at radius 2 is 1.74 bits per heavy atom. The number of methoxy groups -OCH3 is 1. The van der Waals surface area contributed by atoms with Crippen molar-refractivity contribution in [1.82, 2.24) is 9.47 Å². The van der Waals surface area contributed by atoms with Crippen LogP contribution < -0.4 is 9.64 Å². The van der Waals surface area contributed by atoms with Gasteiger partial charge in [-0.1, -0.05) is 29.8 Å². The average Bonchev–Trinajstić information content (AvgIpc) is 3.24. The number of nitrogens with zero attached hydrogens (tertiary/aromatic N) is 4. The van der Waals surface area contributed by atoms with Gasteiger partial charge in [0.15, 0.2) is 0 Å². The molecule has 1 aliphatic rings. The largest absolute Gasteiger partial charge is 0.495 e. The SMILES string of the molecule is COc1ccccc1N1CCN(C(=O)c2c(C#N)ccn2-c2cccc(Cl)c2C)CC1. The molecule has 158 valence electrons. The Labute approximate surface area is 186 Å². The van der Waals surface area contributed by atoms with Crippen LogP contribution >= 0.6 is 11.6 Å². The lowest BCUT2D eigenvalue weighted by Crippen LogP contribution is -2.49. The summed E-state index contributed by atoms with van der Waals surface area (Å²) in [5, 5.41) is 10.2. The molecule has 1 amide bonds. The smallest absolute Gasteiger partial charge is 0.272 e. The van der Waals surface area contributed by atoms with Gasteiger partial charge in [0.1, 0.15) is 17.5 Å². The first-order chi connectivity index (χ1) is 15.0. The number of ether oxygens (including phenoxy) is 1. The number of rotatable bonds is 4. The maximum atomic E-state index is 13.5. The van der Waals surface area contributed by atoms with Gasteiger partial charge in [0, 0.05) is 37.4 Å². The highest BCUT2D eigenvalue weighted by molar-refractivity contribution is 6.31. The van der Waals surface area contributed by atoms with E-state index in [4.69, 9.17) is 16.3 Å². The standard InChI is InChI=1S/C24H23ClN4O2/c1-17-19(25)6-5-8-20(17)29-11-10-18(16-26)23(29)24(30)28-14-12-27(13-15-28)21-7-3-4-9-22(21)31-2/h3-11H,12-15H2,1-2H3. The van der Waals surface area contributed by atoms with Crippen molar-refractivity contribution >= 4 is 23.2 Å². The van der Waals surface area contributed by atoms with Crippen LogP contribution in [0, 0.1) is 18.3 Å². The minimum Gasteiger partial charge on any atom is -0.495 e. The highest BCUT2D eigenvalue weighted by Gasteiger charge is 2.28. The van der Waals surface area contributed by atoms with Gasteiger partial charge in [0.2, 0.25) is 0 Å². The van der Waals surface area contributed by atoms with Crippen molar-refractivity contribution < 1.29 is 9.53 Å². The Hall–Kier alpha value is -3.43. The minimum absolute atomic E-state index is 0.152. The van der Waals surface area contributed by atoms with Crippen molar-refractivity contribution in [3.05, 3.63) is 76.6 Å². The van der Waals surface area contributed by atoms with Gasteiger partial charge < -0.3 is 19.1 Å². The molecular formula is C24H23ClN4O2. The Morgan fingerprint density at radius 3 is 2.45 bits per heavy atom. The number of carbonyl (C=O) groups excluding carboxylic acids is 1. The highest BCUT2D eigenvalue weighted by atomic mass is 35.5. The number of hydrogen-bond donors (Lipinski definition) is 0. The molecule has 0 atom stereocenters. The normalized spacial score (nSPS) is 13.7. The molecule has 0 saturated carbocycles. The second-order valence-corrected chi connectivity index (χ2v) is 7.80. The Balaban J connectivity index is 1.59. The first-order valence-electron chi connectivity index (χ1n) is 10.1. The third-order valence-corrected chi connectivity index (χ3v) is 6.11. The van der Waals surface area contributed by atoms with Crippen LogP contribution in [0.1, 0.15) is 21.6 Å². The number of nitriles is 1. The van der Waals surface area contributed by atoms with Crippen LogP contribution in [0.25, 0.3) is 5.69 Å². The van der Waals surface area contributed by atoms with Crippen molar-refractivity contribution in [2.75, 3.05) is 38.2 Å². The molecule has 0 spiro atoms. The maximum Gasteiger partial charge on any atom is 0.272 e. The monoisotopic (exact) mass is 434 g/mol. The van der Waals surface area contributed by atoms with E-state index < -0.39 is 0 Å². The van der Waals surface area contributed by atoms with E-state index in [9.17, 15) is 10.1 Å². The van der Waals surface area contributed by atoms with Crippen molar-refractivity contribution in [3.63, 3.8) is 0 Å². The highest BCUT2D eigenvalue weighted by Crippen LogP contribution is 2.29. The summed E-state index contributed by atoms with van der Waals surface area (Å²) in [5.74, 6) is 0.667. The molecule has 31 heavy (non-hydrogen) atoms. The number of para-hydroxylation sites is 2. The quantitative estimate of drug-likeness (QED) is 0.614. The van der Waals surface area contributed by atoms with Crippen molar-refractivity contribution in [2.45, 2.75) is 6.92 Å². The zero-order chi connectivity index (χ0) is 22.0. The molecule has 1 saturated heterocycles. The first-order valence-corrected chi connectivity index (χ1v) is 10.5. The summed E-state index contributed by atoms with van der Waals surface area (Å²) in [6.45, 7) is 4.39. The van der Waals surface area contributed by atoms with E-state index in [-0.39, 0.29) is 5.91 Å². The van der Waals surface area contributed by atoms with Crippen LogP contribution in [0.2, 0.25) is 5.02 Å². The summed E-state index contributed by atoms with van der Waals surface area (Å²) in [7, 11) is 1.66. The van der Waals surface area contributed by atoms with E-state index in [0.717, 1.165) is 22.7 Å². The second kappa shape index (κ2) is 8.75. The molecule has 2 aromatic carbocycles. The number of hydrogen-bond acceptors (Lipinski definition) is 4. The molecule has 1 fully saturated rings. The Kier molecular flexibility index (Phi) is 5.88. The molecule has 0 bridgehead atoms. The number of carbonyl (C=O) groups is 1. The fourth-order valence-electron chi connectivity index (χ4n) is 3.99. The van der Waals surface area contributed by atoms with Gasteiger partial charge in [-0.15, -0.1) is 0 Å². The molecule has 0 radical (unpaired) electrons. The molecule has 0 aliphatic carbocycles. The zero-order valence-electron chi connectivity index (χ0n) is 17.5. The van der Waals surface area contributed by atoms with Crippen LogP contribution in [-0.2, 0) is 0 Å². The number of piperazine rings is 1. The summed E-state index contributed by atoms with van der Waals surface area (Å²) in [6.07, 6.45) is 1.76. The summed E-state index contributed by atoms with van der Waals surface area (Å²) in [6, 6.07) is 17.3. The summed E-state index contributed by atoms with van der Waals surface area (Å²) < 4.78 is 7.25. The van der Waals surface area contributed by atoms with Crippen molar-refractivity contribution in [2.24, 2.45) is 0 Å². The van der Waals surface area contributed by atoms with E-state index in [2.05, 4.69) is 11.0 Å². The van der Waals surface area contributed by atoms with E-state index in [1.807, 2.05) is 49.4 Å². The molecule has 1 aromatic heterocycles. The first kappa shape index (κ1) is 20.8. The fourth-order valence-corrected chi connectivity index (χ4v) is 4.16. The molecule has 1 aliphatic heterocycles. The van der Waals surface area contributed by atoms with Crippen LogP contribution in [0.5, 0.6) is 5.75 Å². The topological polar surface area (TPSA) is 61.5 Å². The molecule has 7 heteroatoms. The molecule has 3 aromatic rings. The number of aromatic nitrogens is 1. The van der Waals surface area contributed by atoms with E-state index >= 15 is 0 Å². The molecule has 2 heterocycles. The van der Waals surface area contributed by atoms with Gasteiger partial charge in [-0.05, 0) is 42.8 Å². The lowest BCUT2D eigenvalue weighted by molar-refractivity contribution is 0.0738. The Morgan fingerprint density at radius 1 is 1.03 bits per heavy atom. The van der Waals surface area contributed by atoms with Crippen LogP contribution in [0.3, 0.4) is 0 Å². The van der Waals surface area contributed by atoms with E-state index in [1.54, 1.807) is 28.8 Å². The molecule has 0 unspecified atom stereocenters. The molecular weight excluding hydrogens is 412 g/mol. The molecule has 0 N–H and O–H groups in total. The zero-order valence-corrected chi connectivity index (χ0v) is 18.3. The summed E-state index contributed by atoms with van der Waals surface area (Å²) >= 11 is 6.29. The number of anilines is 1. The van der Waals surface area contributed by atoms with Crippen molar-refractivity contribution in [1.29, 1.82) is 5.26 Å². The number of halogens is 1. The minimum atomic E-state index is -0.152. The van der Waals surface area contributed by atoms with Gasteiger partial charge in [0.25, 0.3) is 5.91 Å².